The summed E-state index contributed by atoms with van der Waals surface area (Å²) < 4.78 is 28.5. The summed E-state index contributed by atoms with van der Waals surface area (Å²) in [5.41, 5.74) is 1.57. The van der Waals surface area contributed by atoms with Crippen LogP contribution in [0.5, 0.6) is 11.5 Å². The fourth-order valence-corrected chi connectivity index (χ4v) is 5.94. The van der Waals surface area contributed by atoms with Gasteiger partial charge in [-0.05, 0) is 78.9 Å². The predicted molar refractivity (Wildman–Crippen MR) is 142 cm³/mol. The van der Waals surface area contributed by atoms with Gasteiger partial charge >= 0.3 is 0 Å². The standard InChI is InChI=1S/C27H28ClN3O6S/c28-21-9-11-22(12-10-21)38(36,37)31(23-3-1-2-14-29-27(23)35)17-18-4-7-20(8-5-18)26(34)30-16-19-6-13-24(32)25(33)15-19/h4-13,15,23,32-33H,1-3,14,16-17H2,(H,29,35)(H,30,34)/t23-/m1/s1. The van der Waals surface area contributed by atoms with Crippen molar-refractivity contribution in [2.24, 2.45) is 0 Å². The summed E-state index contributed by atoms with van der Waals surface area (Å²) in [4.78, 5) is 25.5. The molecule has 4 N–H and O–H groups in total. The Bertz CT molecular complexity index is 1410. The molecule has 11 heteroatoms. The molecule has 3 aromatic carbocycles. The van der Waals surface area contributed by atoms with Gasteiger partial charge in [-0.2, -0.15) is 4.31 Å². The molecule has 2 amide bonds. The lowest BCUT2D eigenvalue weighted by atomic mass is 10.1. The molecule has 38 heavy (non-hydrogen) atoms. The molecule has 200 valence electrons. The zero-order chi connectivity index (χ0) is 27.3. The molecule has 1 heterocycles. The molecule has 1 fully saturated rings. The summed E-state index contributed by atoms with van der Waals surface area (Å²) in [6.07, 6.45) is 1.87. The summed E-state index contributed by atoms with van der Waals surface area (Å²) in [6.45, 7) is 0.577. The van der Waals surface area contributed by atoms with Crippen molar-refractivity contribution in [2.45, 2.75) is 43.3 Å². The Balaban J connectivity index is 1.53. The Hall–Kier alpha value is -3.60. The molecular weight excluding hydrogens is 530 g/mol. The second-order valence-electron chi connectivity index (χ2n) is 9.01. The minimum absolute atomic E-state index is 0.0372. The maximum absolute atomic E-state index is 13.7. The van der Waals surface area contributed by atoms with E-state index < -0.39 is 16.1 Å². The smallest absolute Gasteiger partial charge is 0.251 e. The van der Waals surface area contributed by atoms with E-state index in [4.69, 9.17) is 11.6 Å². The highest BCUT2D eigenvalue weighted by atomic mass is 35.5. The number of halogens is 1. The Labute approximate surface area is 226 Å². The third-order valence-corrected chi connectivity index (χ3v) is 8.44. The van der Waals surface area contributed by atoms with E-state index in [1.165, 1.54) is 40.7 Å². The van der Waals surface area contributed by atoms with Crippen LogP contribution in [0.15, 0.2) is 71.6 Å². The molecule has 0 bridgehead atoms. The van der Waals surface area contributed by atoms with Crippen LogP contribution in [-0.2, 0) is 27.9 Å². The van der Waals surface area contributed by atoms with Gasteiger partial charge < -0.3 is 20.8 Å². The number of carbonyl (C=O) groups is 2. The van der Waals surface area contributed by atoms with Gasteiger partial charge in [-0.25, -0.2) is 8.42 Å². The largest absolute Gasteiger partial charge is 0.504 e. The maximum atomic E-state index is 13.7. The molecule has 0 spiro atoms. The molecule has 1 atom stereocenters. The van der Waals surface area contributed by atoms with Gasteiger partial charge in [-0.1, -0.05) is 29.8 Å². The zero-order valence-electron chi connectivity index (χ0n) is 20.4. The van der Waals surface area contributed by atoms with Gasteiger partial charge in [0.1, 0.15) is 6.04 Å². The predicted octanol–water partition coefficient (Wildman–Crippen LogP) is 3.54. The highest BCUT2D eigenvalue weighted by Gasteiger charge is 2.36. The number of sulfonamides is 1. The minimum Gasteiger partial charge on any atom is -0.504 e. The second-order valence-corrected chi connectivity index (χ2v) is 11.3. The van der Waals surface area contributed by atoms with Gasteiger partial charge in [0.15, 0.2) is 11.5 Å². The van der Waals surface area contributed by atoms with Crippen LogP contribution in [0.4, 0.5) is 0 Å². The van der Waals surface area contributed by atoms with E-state index in [2.05, 4.69) is 10.6 Å². The van der Waals surface area contributed by atoms with Crippen LogP contribution < -0.4 is 10.6 Å². The van der Waals surface area contributed by atoms with Crippen LogP contribution in [-0.4, -0.2) is 47.3 Å². The van der Waals surface area contributed by atoms with E-state index in [1.54, 1.807) is 30.3 Å². The number of hydrogen-bond acceptors (Lipinski definition) is 6. The SMILES string of the molecule is O=C(NCc1ccc(O)c(O)c1)c1ccc(CN([C@@H]2CCCCNC2=O)S(=O)(=O)c2ccc(Cl)cc2)cc1. The van der Waals surface area contributed by atoms with Crippen molar-refractivity contribution < 1.29 is 28.2 Å². The van der Waals surface area contributed by atoms with E-state index in [0.29, 0.717) is 41.1 Å². The van der Waals surface area contributed by atoms with Crippen molar-refractivity contribution >= 4 is 33.4 Å². The molecule has 0 aromatic heterocycles. The third-order valence-electron chi connectivity index (χ3n) is 6.32. The summed E-state index contributed by atoms with van der Waals surface area (Å²) >= 11 is 5.95. The zero-order valence-corrected chi connectivity index (χ0v) is 22.0. The summed E-state index contributed by atoms with van der Waals surface area (Å²) in [5, 5.41) is 25.0. The van der Waals surface area contributed by atoms with Gasteiger partial charge in [-0.3, -0.25) is 9.59 Å². The number of carbonyl (C=O) groups excluding carboxylic acids is 2. The van der Waals surface area contributed by atoms with Gasteiger partial charge in [0.05, 0.1) is 4.90 Å². The van der Waals surface area contributed by atoms with Crippen molar-refractivity contribution in [1.82, 2.24) is 14.9 Å². The van der Waals surface area contributed by atoms with Crippen molar-refractivity contribution in [3.63, 3.8) is 0 Å². The molecule has 1 aliphatic rings. The number of rotatable bonds is 8. The summed E-state index contributed by atoms with van der Waals surface area (Å²) in [7, 11) is -4.04. The number of amides is 2. The first-order valence-corrected chi connectivity index (χ1v) is 13.9. The van der Waals surface area contributed by atoms with Crippen LogP contribution in [0.1, 0.15) is 40.7 Å². The Morgan fingerprint density at radius 1 is 0.974 bits per heavy atom. The van der Waals surface area contributed by atoms with Crippen LogP contribution in [0.25, 0.3) is 0 Å². The van der Waals surface area contributed by atoms with E-state index in [9.17, 15) is 28.2 Å². The van der Waals surface area contributed by atoms with Crippen molar-refractivity contribution in [3.05, 3.63) is 88.4 Å². The highest BCUT2D eigenvalue weighted by molar-refractivity contribution is 7.89. The molecule has 3 aromatic rings. The number of hydrogen-bond donors (Lipinski definition) is 4. The van der Waals surface area contributed by atoms with Crippen molar-refractivity contribution in [1.29, 1.82) is 0 Å². The van der Waals surface area contributed by atoms with Crippen LogP contribution in [0.3, 0.4) is 0 Å². The first kappa shape index (κ1) is 27.4. The van der Waals surface area contributed by atoms with E-state index in [-0.39, 0.29) is 41.3 Å². The lowest BCUT2D eigenvalue weighted by Crippen LogP contribution is -2.48. The van der Waals surface area contributed by atoms with Crippen molar-refractivity contribution in [2.75, 3.05) is 6.54 Å². The Morgan fingerprint density at radius 3 is 2.34 bits per heavy atom. The topological polar surface area (TPSA) is 136 Å². The lowest BCUT2D eigenvalue weighted by molar-refractivity contribution is -0.124. The van der Waals surface area contributed by atoms with E-state index >= 15 is 0 Å². The highest BCUT2D eigenvalue weighted by Crippen LogP contribution is 2.27. The molecule has 1 aliphatic heterocycles. The summed E-state index contributed by atoms with van der Waals surface area (Å²) in [6, 6.07) is 15.7. The van der Waals surface area contributed by atoms with E-state index in [1.807, 2.05) is 0 Å². The van der Waals surface area contributed by atoms with Gasteiger partial charge in [0.2, 0.25) is 15.9 Å². The molecule has 0 aliphatic carbocycles. The molecule has 9 nitrogen and oxygen atoms in total. The molecule has 0 unspecified atom stereocenters. The lowest BCUT2D eigenvalue weighted by Gasteiger charge is -2.29. The molecular formula is C27H28ClN3O6S. The number of nitrogens with zero attached hydrogens (tertiary/aromatic N) is 1. The second kappa shape index (κ2) is 11.8. The van der Waals surface area contributed by atoms with Gasteiger partial charge in [-0.15, -0.1) is 0 Å². The number of nitrogens with one attached hydrogen (secondary N) is 2. The Kier molecular flexibility index (Phi) is 8.55. The average molecular weight is 558 g/mol. The molecule has 1 saturated heterocycles. The van der Waals surface area contributed by atoms with Crippen molar-refractivity contribution in [3.8, 4) is 11.5 Å². The number of phenolic OH excluding ortho intramolecular Hbond substituents is 2. The fraction of sp³-hybridized carbons (Fsp3) is 0.259. The normalized spacial score (nSPS) is 16.1. The number of phenols is 2. The van der Waals surface area contributed by atoms with Crippen LogP contribution in [0.2, 0.25) is 5.02 Å². The third kappa shape index (κ3) is 6.45. The van der Waals surface area contributed by atoms with Gasteiger partial charge in [0, 0.05) is 30.2 Å². The van der Waals surface area contributed by atoms with Crippen LogP contribution in [0, 0.1) is 0 Å². The van der Waals surface area contributed by atoms with Crippen LogP contribution >= 0.6 is 11.6 Å². The quantitative estimate of drug-likeness (QED) is 0.313. The number of benzene rings is 3. The van der Waals surface area contributed by atoms with Gasteiger partial charge in [0.25, 0.3) is 5.91 Å². The maximum Gasteiger partial charge on any atom is 0.251 e. The monoisotopic (exact) mass is 557 g/mol. The number of aromatic hydroxyl groups is 2. The first-order valence-electron chi connectivity index (χ1n) is 12.1. The van der Waals surface area contributed by atoms with E-state index in [0.717, 1.165) is 6.42 Å². The first-order chi connectivity index (χ1) is 18.1. The molecule has 0 radical (unpaired) electrons. The minimum atomic E-state index is -4.04. The Morgan fingerprint density at radius 2 is 1.66 bits per heavy atom. The molecule has 0 saturated carbocycles. The fourth-order valence-electron chi connectivity index (χ4n) is 4.21. The summed E-state index contributed by atoms with van der Waals surface area (Å²) in [5.74, 6) is -1.22. The average Bonchev–Trinajstić information content (AvgIpc) is 3.12. The molecule has 4 rings (SSSR count).